The van der Waals surface area contributed by atoms with Gasteiger partial charge in [-0.1, -0.05) is 31.4 Å². The third-order valence-electron chi connectivity index (χ3n) is 8.06. The van der Waals surface area contributed by atoms with Gasteiger partial charge in [0.2, 0.25) is 0 Å². The molecule has 6 nitrogen and oxygen atoms in total. The summed E-state index contributed by atoms with van der Waals surface area (Å²) in [7, 11) is 1.45. The molecule has 3 aromatic rings. The van der Waals surface area contributed by atoms with Crippen LogP contribution in [0.15, 0.2) is 36.5 Å². The number of methoxy groups -OCH3 is 1. The highest BCUT2D eigenvalue weighted by atomic mass is 16.5. The van der Waals surface area contributed by atoms with Gasteiger partial charge in [0, 0.05) is 42.8 Å². The number of nitrogens with zero attached hydrogens (tertiary/aromatic N) is 3. The zero-order valence-electron chi connectivity index (χ0n) is 20.0. The second-order valence-electron chi connectivity index (χ2n) is 9.95. The van der Waals surface area contributed by atoms with Crippen LogP contribution >= 0.6 is 0 Å². The zero-order valence-corrected chi connectivity index (χ0v) is 20.0. The summed E-state index contributed by atoms with van der Waals surface area (Å²) in [6.07, 6.45) is 9.24. The van der Waals surface area contributed by atoms with E-state index in [2.05, 4.69) is 27.7 Å². The van der Waals surface area contributed by atoms with Crippen molar-refractivity contribution < 1.29 is 14.3 Å². The number of hydrogen-bond donors (Lipinski definition) is 0. The minimum absolute atomic E-state index is 0.284. The molecule has 1 saturated carbocycles. The van der Waals surface area contributed by atoms with Gasteiger partial charge in [-0.05, 0) is 54.5 Å². The summed E-state index contributed by atoms with van der Waals surface area (Å²) in [5.74, 6) is 0.250. The molecular formula is C28H33N3O3. The van der Waals surface area contributed by atoms with E-state index in [1.807, 2.05) is 18.3 Å². The van der Waals surface area contributed by atoms with E-state index in [1.54, 1.807) is 0 Å². The summed E-state index contributed by atoms with van der Waals surface area (Å²) in [6.45, 7) is 4.37. The lowest BCUT2D eigenvalue weighted by atomic mass is 9.82. The van der Waals surface area contributed by atoms with Gasteiger partial charge in [0.1, 0.15) is 0 Å². The monoisotopic (exact) mass is 459 g/mol. The van der Waals surface area contributed by atoms with E-state index in [1.165, 1.54) is 61.4 Å². The van der Waals surface area contributed by atoms with Gasteiger partial charge in [-0.15, -0.1) is 0 Å². The smallest absolute Gasteiger partial charge is 0.337 e. The van der Waals surface area contributed by atoms with Crippen LogP contribution in [0, 0.1) is 0 Å². The van der Waals surface area contributed by atoms with Gasteiger partial charge in [0.05, 0.1) is 37.3 Å². The SMILES string of the molecule is COC(=O)c1ccc2c(C3CCCCC3)c3n(c2c1)CC(N1CCOCC1)Cc1cccnc1-3. The number of esters is 1. The Morgan fingerprint density at radius 2 is 1.94 bits per heavy atom. The number of ether oxygens (including phenoxy) is 2. The average Bonchev–Trinajstić information content (AvgIpc) is 3.11. The highest BCUT2D eigenvalue weighted by Crippen LogP contribution is 2.46. The van der Waals surface area contributed by atoms with E-state index in [-0.39, 0.29) is 5.97 Å². The number of benzene rings is 1. The highest BCUT2D eigenvalue weighted by molar-refractivity contribution is 5.98. The lowest BCUT2D eigenvalue weighted by Gasteiger charge is -2.34. The Balaban J connectivity index is 1.59. The summed E-state index contributed by atoms with van der Waals surface area (Å²) < 4.78 is 13.2. The Labute approximate surface area is 200 Å². The molecule has 178 valence electrons. The Hall–Kier alpha value is -2.70. The minimum Gasteiger partial charge on any atom is -0.465 e. The summed E-state index contributed by atoms with van der Waals surface area (Å²) >= 11 is 0. The maximum absolute atomic E-state index is 12.4. The first-order valence-corrected chi connectivity index (χ1v) is 12.7. The predicted molar refractivity (Wildman–Crippen MR) is 132 cm³/mol. The van der Waals surface area contributed by atoms with Gasteiger partial charge in [-0.3, -0.25) is 9.88 Å². The largest absolute Gasteiger partial charge is 0.465 e. The summed E-state index contributed by atoms with van der Waals surface area (Å²) in [5, 5.41) is 1.27. The predicted octanol–water partition coefficient (Wildman–Crippen LogP) is 4.79. The lowest BCUT2D eigenvalue weighted by molar-refractivity contribution is 0.0136. The first-order chi connectivity index (χ1) is 16.7. The normalized spacial score (nSPS) is 21.6. The summed E-state index contributed by atoms with van der Waals surface area (Å²) in [5.41, 5.74) is 6.90. The van der Waals surface area contributed by atoms with Crippen molar-refractivity contribution in [1.29, 1.82) is 0 Å². The first kappa shape index (κ1) is 21.8. The molecule has 6 heteroatoms. The van der Waals surface area contributed by atoms with Crippen LogP contribution in [0.25, 0.3) is 22.3 Å². The van der Waals surface area contributed by atoms with Crippen molar-refractivity contribution in [2.45, 2.75) is 57.0 Å². The van der Waals surface area contributed by atoms with Crippen LogP contribution in [0.5, 0.6) is 0 Å². The molecule has 1 atom stereocenters. The van der Waals surface area contributed by atoms with Crippen molar-refractivity contribution in [2.75, 3.05) is 33.4 Å². The Kier molecular flexibility index (Phi) is 5.87. The van der Waals surface area contributed by atoms with Gasteiger partial charge in [-0.25, -0.2) is 4.79 Å². The molecule has 0 spiro atoms. The average molecular weight is 460 g/mol. The number of pyridine rings is 1. The van der Waals surface area contributed by atoms with Gasteiger partial charge in [0.15, 0.2) is 0 Å². The van der Waals surface area contributed by atoms with E-state index in [9.17, 15) is 4.79 Å². The van der Waals surface area contributed by atoms with Gasteiger partial charge in [0.25, 0.3) is 0 Å². The topological polar surface area (TPSA) is 56.6 Å². The molecule has 6 rings (SSSR count). The van der Waals surface area contributed by atoms with E-state index in [0.717, 1.165) is 50.5 Å². The van der Waals surface area contributed by atoms with Gasteiger partial charge in [-0.2, -0.15) is 0 Å². The molecule has 2 aliphatic heterocycles. The van der Waals surface area contributed by atoms with Crippen molar-refractivity contribution in [1.82, 2.24) is 14.5 Å². The molecule has 0 bridgehead atoms. The fraction of sp³-hybridized carbons (Fsp3) is 0.500. The Morgan fingerprint density at radius 1 is 1.12 bits per heavy atom. The van der Waals surface area contributed by atoms with E-state index in [0.29, 0.717) is 17.5 Å². The number of hydrogen-bond acceptors (Lipinski definition) is 5. The van der Waals surface area contributed by atoms with Crippen molar-refractivity contribution in [3.05, 3.63) is 53.2 Å². The minimum atomic E-state index is -0.284. The Bertz CT molecular complexity index is 1210. The van der Waals surface area contributed by atoms with Crippen LogP contribution in [-0.4, -0.2) is 59.9 Å². The second kappa shape index (κ2) is 9.16. The van der Waals surface area contributed by atoms with Crippen LogP contribution in [0.1, 0.15) is 59.5 Å². The molecule has 1 aromatic carbocycles. The van der Waals surface area contributed by atoms with Crippen LogP contribution in [0.3, 0.4) is 0 Å². The maximum Gasteiger partial charge on any atom is 0.337 e. The van der Waals surface area contributed by atoms with Crippen molar-refractivity contribution >= 4 is 16.9 Å². The van der Waals surface area contributed by atoms with Gasteiger partial charge < -0.3 is 14.0 Å². The molecule has 34 heavy (non-hydrogen) atoms. The number of rotatable bonds is 3. The lowest BCUT2D eigenvalue weighted by Crippen LogP contribution is -2.46. The molecule has 1 aliphatic carbocycles. The van der Waals surface area contributed by atoms with Crippen LogP contribution < -0.4 is 0 Å². The molecular weight excluding hydrogens is 426 g/mol. The van der Waals surface area contributed by atoms with Crippen molar-refractivity contribution in [3.63, 3.8) is 0 Å². The van der Waals surface area contributed by atoms with E-state index < -0.39 is 0 Å². The standard InChI is InChI=1S/C28H33N3O3/c1-33-28(32)21-9-10-23-24(17-21)31-18-22(30-12-14-34-15-13-30)16-20-8-5-11-29-26(20)27(31)25(23)19-6-3-2-4-7-19/h5,8-11,17,19,22H,2-4,6-7,12-16,18H2,1H3. The third-order valence-corrected chi connectivity index (χ3v) is 8.06. The molecule has 1 saturated heterocycles. The number of aromatic nitrogens is 2. The fourth-order valence-electron chi connectivity index (χ4n) is 6.40. The summed E-state index contributed by atoms with van der Waals surface area (Å²) in [4.78, 5) is 20.0. The van der Waals surface area contributed by atoms with Gasteiger partial charge >= 0.3 is 5.97 Å². The molecule has 3 aliphatic rings. The quantitative estimate of drug-likeness (QED) is 0.527. The van der Waals surface area contributed by atoms with Crippen LogP contribution in [0.4, 0.5) is 0 Å². The van der Waals surface area contributed by atoms with E-state index >= 15 is 0 Å². The zero-order chi connectivity index (χ0) is 23.1. The third kappa shape index (κ3) is 3.73. The summed E-state index contributed by atoms with van der Waals surface area (Å²) in [6, 6.07) is 10.8. The molecule has 2 aromatic heterocycles. The van der Waals surface area contributed by atoms with Crippen molar-refractivity contribution in [2.24, 2.45) is 0 Å². The van der Waals surface area contributed by atoms with E-state index in [4.69, 9.17) is 14.5 Å². The molecule has 0 amide bonds. The Morgan fingerprint density at radius 3 is 2.74 bits per heavy atom. The number of morpholine rings is 1. The molecule has 2 fully saturated rings. The fourth-order valence-corrected chi connectivity index (χ4v) is 6.40. The van der Waals surface area contributed by atoms with Crippen LogP contribution in [0.2, 0.25) is 0 Å². The van der Waals surface area contributed by atoms with Crippen LogP contribution in [-0.2, 0) is 22.4 Å². The molecule has 0 N–H and O–H groups in total. The van der Waals surface area contributed by atoms with Crippen molar-refractivity contribution in [3.8, 4) is 11.4 Å². The second-order valence-corrected chi connectivity index (χ2v) is 9.95. The maximum atomic E-state index is 12.4. The number of carbonyl (C=O) groups is 1. The molecule has 1 unspecified atom stereocenters. The molecule has 4 heterocycles. The number of fused-ring (bicyclic) bond motifs is 5. The number of carbonyl (C=O) groups excluding carboxylic acids is 1. The molecule has 0 radical (unpaired) electrons. The highest BCUT2D eigenvalue weighted by Gasteiger charge is 2.33. The first-order valence-electron chi connectivity index (χ1n) is 12.7.